The highest BCUT2D eigenvalue weighted by Crippen LogP contribution is 2.35. The quantitative estimate of drug-likeness (QED) is 0.560. The molecular formula is C14H9Cl2F3N2O3S. The lowest BCUT2D eigenvalue weighted by Crippen LogP contribution is -2.21. The lowest BCUT2D eigenvalue weighted by atomic mass is 10.3. The molecule has 0 fully saturated rings. The number of thiophene rings is 1. The molecule has 11 heteroatoms. The van der Waals surface area contributed by atoms with E-state index in [4.69, 9.17) is 37.5 Å². The van der Waals surface area contributed by atoms with E-state index in [0.717, 1.165) is 21.7 Å². The van der Waals surface area contributed by atoms with E-state index < -0.39 is 12.1 Å². The molecule has 3 heterocycles. The molecule has 0 atom stereocenters. The second kappa shape index (κ2) is 7.94. The number of nitrogens with one attached hydrogen (secondary N) is 1. The average Bonchev–Trinajstić information content (AvgIpc) is 3.15. The van der Waals surface area contributed by atoms with Gasteiger partial charge in [0.15, 0.2) is 0 Å². The standard InChI is InChI=1S/C12H8Cl2N2OS.C2HF3O2/c13-8-6-18-12-9(4-10(14)16-11(8)12)15-5-7-2-1-3-17-7;3-2(4,5)1(6)7/h1-4,6H,5H2,(H,15,16);(H,6,7). The van der Waals surface area contributed by atoms with Crippen LogP contribution in [-0.4, -0.2) is 22.2 Å². The number of hydrogen-bond acceptors (Lipinski definition) is 5. The third-order valence-corrected chi connectivity index (χ3v) is 4.34. The van der Waals surface area contributed by atoms with E-state index in [1.165, 1.54) is 0 Å². The Hall–Kier alpha value is -1.97. The van der Waals surface area contributed by atoms with Gasteiger partial charge in [0.1, 0.15) is 16.4 Å². The van der Waals surface area contributed by atoms with Gasteiger partial charge in [-0.25, -0.2) is 9.78 Å². The molecule has 0 aliphatic carbocycles. The fourth-order valence-corrected chi connectivity index (χ4v) is 3.05. The number of aromatic nitrogens is 1. The van der Waals surface area contributed by atoms with Crippen LogP contribution in [0.1, 0.15) is 5.76 Å². The van der Waals surface area contributed by atoms with E-state index >= 15 is 0 Å². The first-order valence-electron chi connectivity index (χ1n) is 6.48. The van der Waals surface area contributed by atoms with Crippen LogP contribution in [0.2, 0.25) is 10.2 Å². The number of nitrogens with zero attached hydrogens (tertiary/aromatic N) is 1. The first-order valence-corrected chi connectivity index (χ1v) is 8.11. The van der Waals surface area contributed by atoms with Crippen molar-refractivity contribution in [2.75, 3.05) is 5.32 Å². The maximum Gasteiger partial charge on any atom is 0.490 e. The number of halogens is 5. The summed E-state index contributed by atoms with van der Waals surface area (Å²) in [5.74, 6) is -1.90. The molecule has 0 spiro atoms. The molecule has 5 nitrogen and oxygen atoms in total. The summed E-state index contributed by atoms with van der Waals surface area (Å²) >= 11 is 13.6. The summed E-state index contributed by atoms with van der Waals surface area (Å²) in [7, 11) is 0. The zero-order chi connectivity index (χ0) is 18.6. The van der Waals surface area contributed by atoms with Crippen LogP contribution in [0.4, 0.5) is 18.9 Å². The van der Waals surface area contributed by atoms with Crippen molar-refractivity contribution < 1.29 is 27.5 Å². The van der Waals surface area contributed by atoms with Gasteiger partial charge >= 0.3 is 12.1 Å². The molecule has 3 rings (SSSR count). The highest BCUT2D eigenvalue weighted by molar-refractivity contribution is 7.18. The van der Waals surface area contributed by atoms with E-state index in [0.29, 0.717) is 16.7 Å². The number of carboxylic acid groups (broad SMARTS) is 1. The minimum absolute atomic E-state index is 0.421. The largest absolute Gasteiger partial charge is 0.490 e. The fourth-order valence-electron chi connectivity index (χ4n) is 1.68. The van der Waals surface area contributed by atoms with Crippen molar-refractivity contribution in [1.29, 1.82) is 0 Å². The molecule has 0 aliphatic rings. The van der Waals surface area contributed by atoms with Crippen molar-refractivity contribution in [3.63, 3.8) is 0 Å². The van der Waals surface area contributed by atoms with Gasteiger partial charge in [0.25, 0.3) is 0 Å². The van der Waals surface area contributed by atoms with Gasteiger partial charge < -0.3 is 14.8 Å². The smallest absolute Gasteiger partial charge is 0.475 e. The van der Waals surface area contributed by atoms with Crippen LogP contribution in [0.5, 0.6) is 0 Å². The minimum Gasteiger partial charge on any atom is -0.475 e. The van der Waals surface area contributed by atoms with Gasteiger partial charge in [-0.3, -0.25) is 0 Å². The first kappa shape index (κ1) is 19.4. The lowest BCUT2D eigenvalue weighted by molar-refractivity contribution is -0.192. The highest BCUT2D eigenvalue weighted by Gasteiger charge is 2.38. The van der Waals surface area contributed by atoms with E-state index in [1.54, 1.807) is 23.7 Å². The van der Waals surface area contributed by atoms with Crippen molar-refractivity contribution in [2.45, 2.75) is 12.7 Å². The number of rotatable bonds is 3. The zero-order valence-electron chi connectivity index (χ0n) is 12.1. The molecule has 0 unspecified atom stereocenters. The Morgan fingerprint density at radius 3 is 2.64 bits per heavy atom. The summed E-state index contributed by atoms with van der Waals surface area (Å²) in [4.78, 5) is 13.1. The number of fused-ring (bicyclic) bond motifs is 1. The average molecular weight is 413 g/mol. The van der Waals surface area contributed by atoms with Crippen LogP contribution in [0, 0.1) is 0 Å². The van der Waals surface area contributed by atoms with Crippen molar-refractivity contribution in [3.8, 4) is 0 Å². The monoisotopic (exact) mass is 412 g/mol. The lowest BCUT2D eigenvalue weighted by Gasteiger charge is -2.06. The Kier molecular flexibility index (Phi) is 6.15. The van der Waals surface area contributed by atoms with E-state index in [9.17, 15) is 13.2 Å². The van der Waals surface area contributed by atoms with Gasteiger partial charge in [0.05, 0.1) is 28.2 Å². The van der Waals surface area contributed by atoms with Crippen LogP contribution < -0.4 is 5.32 Å². The summed E-state index contributed by atoms with van der Waals surface area (Å²) in [5.41, 5.74) is 1.65. The number of carbonyl (C=O) groups is 1. The molecule has 0 amide bonds. The highest BCUT2D eigenvalue weighted by atomic mass is 35.5. The molecule has 3 aromatic rings. The Labute approximate surface area is 153 Å². The van der Waals surface area contributed by atoms with Crippen LogP contribution in [-0.2, 0) is 11.3 Å². The molecule has 134 valence electrons. The molecule has 0 aromatic carbocycles. The number of pyridine rings is 1. The van der Waals surface area contributed by atoms with Gasteiger partial charge in [-0.1, -0.05) is 23.2 Å². The van der Waals surface area contributed by atoms with Crippen LogP contribution in [0.25, 0.3) is 10.2 Å². The van der Waals surface area contributed by atoms with E-state index in [1.807, 2.05) is 17.5 Å². The molecule has 0 saturated heterocycles. The fraction of sp³-hybridized carbons (Fsp3) is 0.143. The molecule has 0 aliphatic heterocycles. The Bertz CT molecular complexity index is 866. The van der Waals surface area contributed by atoms with Crippen molar-refractivity contribution >= 4 is 56.4 Å². The van der Waals surface area contributed by atoms with Gasteiger partial charge in [-0.15, -0.1) is 11.3 Å². The SMILES string of the molecule is Clc1cc(NCc2ccco2)c2scc(Cl)c2n1.O=C(O)C(F)(F)F. The predicted octanol–water partition coefficient (Wildman–Crippen LogP) is 5.44. The van der Waals surface area contributed by atoms with Gasteiger partial charge in [-0.05, 0) is 12.1 Å². The van der Waals surface area contributed by atoms with Gasteiger partial charge in [-0.2, -0.15) is 13.2 Å². The van der Waals surface area contributed by atoms with Crippen molar-refractivity contribution in [3.05, 3.63) is 45.8 Å². The second-order valence-electron chi connectivity index (χ2n) is 4.49. The van der Waals surface area contributed by atoms with Crippen LogP contribution in [0.3, 0.4) is 0 Å². The Balaban J connectivity index is 0.000000277. The third kappa shape index (κ3) is 5.25. The number of aliphatic carboxylic acids is 1. The van der Waals surface area contributed by atoms with Crippen LogP contribution in [0.15, 0.2) is 34.3 Å². The van der Waals surface area contributed by atoms with Crippen LogP contribution >= 0.6 is 34.5 Å². The Morgan fingerprint density at radius 2 is 2.08 bits per heavy atom. The topological polar surface area (TPSA) is 75.4 Å². The maximum absolute atomic E-state index is 10.6. The Morgan fingerprint density at radius 1 is 1.40 bits per heavy atom. The minimum atomic E-state index is -5.08. The number of furan rings is 1. The van der Waals surface area contributed by atoms with E-state index in [-0.39, 0.29) is 0 Å². The molecule has 25 heavy (non-hydrogen) atoms. The number of carboxylic acids is 1. The van der Waals surface area contributed by atoms with Gasteiger partial charge in [0.2, 0.25) is 0 Å². The molecular weight excluding hydrogens is 404 g/mol. The zero-order valence-corrected chi connectivity index (χ0v) is 14.4. The van der Waals surface area contributed by atoms with Gasteiger partial charge in [0, 0.05) is 11.4 Å². The normalized spacial score (nSPS) is 11.1. The third-order valence-electron chi connectivity index (χ3n) is 2.72. The van der Waals surface area contributed by atoms with E-state index in [2.05, 4.69) is 10.3 Å². The predicted molar refractivity (Wildman–Crippen MR) is 89.4 cm³/mol. The summed E-state index contributed by atoms with van der Waals surface area (Å²) in [6, 6.07) is 5.56. The molecule has 3 aromatic heterocycles. The number of anilines is 1. The van der Waals surface area contributed by atoms with Crippen molar-refractivity contribution in [1.82, 2.24) is 4.98 Å². The number of hydrogen-bond donors (Lipinski definition) is 2. The summed E-state index contributed by atoms with van der Waals surface area (Å²) in [5, 5.41) is 13.3. The summed E-state index contributed by atoms with van der Waals surface area (Å²) in [6.07, 6.45) is -3.44. The van der Waals surface area contributed by atoms with Crippen molar-refractivity contribution in [2.24, 2.45) is 0 Å². The molecule has 2 N–H and O–H groups in total. The summed E-state index contributed by atoms with van der Waals surface area (Å²) < 4.78 is 38.0. The number of alkyl halides is 3. The maximum atomic E-state index is 10.6. The molecule has 0 bridgehead atoms. The second-order valence-corrected chi connectivity index (χ2v) is 6.16. The molecule has 0 radical (unpaired) electrons. The summed E-state index contributed by atoms with van der Waals surface area (Å²) in [6.45, 7) is 0.595. The molecule has 0 saturated carbocycles. The first-order chi connectivity index (χ1) is 11.7.